The van der Waals surface area contributed by atoms with Gasteiger partial charge in [-0.1, -0.05) is 19.1 Å². The highest BCUT2D eigenvalue weighted by Crippen LogP contribution is 2.04. The molecule has 1 aromatic rings. The lowest BCUT2D eigenvalue weighted by Crippen LogP contribution is -2.05. The Morgan fingerprint density at radius 3 is 2.54 bits per heavy atom. The van der Waals surface area contributed by atoms with Crippen molar-refractivity contribution in [3.63, 3.8) is 0 Å². The molecule has 0 aliphatic heterocycles. The first-order valence-electron chi connectivity index (χ1n) is 4.26. The van der Waals surface area contributed by atoms with Gasteiger partial charge in [0, 0.05) is 0 Å². The molecular weight excluding hydrogens is 164 g/mol. The Bertz CT molecular complexity index is 275. The second-order valence-corrected chi connectivity index (χ2v) is 2.76. The van der Waals surface area contributed by atoms with Gasteiger partial charge in [-0.2, -0.15) is 0 Å². The molecule has 68 valence electrons. The van der Waals surface area contributed by atoms with Gasteiger partial charge >= 0.3 is 5.97 Å². The van der Waals surface area contributed by atoms with Crippen molar-refractivity contribution in [2.75, 3.05) is 6.61 Å². The van der Waals surface area contributed by atoms with E-state index in [2.05, 4.69) is 0 Å². The number of benzene rings is 1. The van der Waals surface area contributed by atoms with Crippen LogP contribution >= 0.6 is 0 Å². The van der Waals surface area contributed by atoms with Gasteiger partial charge in [-0.3, -0.25) is 0 Å². The fraction of sp³-hybridized carbons (Fsp3) is 0.273. The summed E-state index contributed by atoms with van der Waals surface area (Å²) in [6.45, 7) is 7.89. The zero-order chi connectivity index (χ0) is 9.68. The van der Waals surface area contributed by atoms with Gasteiger partial charge in [0.25, 0.3) is 0 Å². The van der Waals surface area contributed by atoms with Gasteiger partial charge in [0.1, 0.15) is 0 Å². The Balaban J connectivity index is 2.61. The molecule has 0 N–H and O–H groups in total. The number of ether oxygens (including phenoxy) is 1. The lowest BCUT2D eigenvalue weighted by molar-refractivity contribution is 0.0505. The van der Waals surface area contributed by atoms with Gasteiger partial charge < -0.3 is 4.74 Å². The Morgan fingerprint density at radius 1 is 1.38 bits per heavy atom. The first kappa shape index (κ1) is 9.78. The van der Waals surface area contributed by atoms with Crippen molar-refractivity contribution in [1.82, 2.24) is 0 Å². The summed E-state index contributed by atoms with van der Waals surface area (Å²) in [6.07, 6.45) is 0.834. The summed E-state index contributed by atoms with van der Waals surface area (Å²) in [4.78, 5) is 11.3. The highest BCUT2D eigenvalue weighted by atomic mass is 16.5. The maximum absolute atomic E-state index is 11.3. The largest absolute Gasteiger partial charge is 0.462 e. The van der Waals surface area contributed by atoms with Crippen LogP contribution in [-0.4, -0.2) is 12.6 Å². The summed E-state index contributed by atoms with van der Waals surface area (Å²) in [5.74, 6) is -0.290. The van der Waals surface area contributed by atoms with Crippen molar-refractivity contribution in [2.24, 2.45) is 0 Å². The van der Waals surface area contributed by atoms with Crippen LogP contribution in [0.5, 0.6) is 0 Å². The number of carbonyl (C=O) groups excluding carboxylic acids is 1. The van der Waals surface area contributed by atoms with E-state index >= 15 is 0 Å². The second kappa shape index (κ2) is 4.65. The quantitative estimate of drug-likeness (QED) is 0.660. The minimum atomic E-state index is -0.290. The van der Waals surface area contributed by atoms with Crippen molar-refractivity contribution in [3.8, 4) is 0 Å². The molecule has 0 aliphatic rings. The zero-order valence-electron chi connectivity index (χ0n) is 7.62. The summed E-state index contributed by atoms with van der Waals surface area (Å²) in [6, 6.07) is 6.69. The molecule has 0 aromatic heterocycles. The zero-order valence-corrected chi connectivity index (χ0v) is 7.62. The Labute approximate surface area is 78.5 Å². The SMILES string of the molecule is [CH]c1ccc(C(=O)OCCC)cc1. The van der Waals surface area contributed by atoms with Crippen molar-refractivity contribution < 1.29 is 9.53 Å². The summed E-state index contributed by atoms with van der Waals surface area (Å²) in [7, 11) is 0. The molecule has 0 aliphatic carbocycles. The Morgan fingerprint density at radius 2 is 2.00 bits per heavy atom. The third-order valence-corrected chi connectivity index (χ3v) is 1.58. The van der Waals surface area contributed by atoms with Crippen LogP contribution in [0.2, 0.25) is 0 Å². The van der Waals surface area contributed by atoms with E-state index in [1.807, 2.05) is 6.92 Å². The highest BCUT2D eigenvalue weighted by Gasteiger charge is 2.04. The third kappa shape index (κ3) is 2.90. The molecule has 13 heavy (non-hydrogen) atoms. The first-order valence-corrected chi connectivity index (χ1v) is 4.26. The van der Waals surface area contributed by atoms with E-state index in [9.17, 15) is 4.79 Å². The monoisotopic (exact) mass is 176 g/mol. The van der Waals surface area contributed by atoms with Crippen LogP contribution in [0.25, 0.3) is 0 Å². The average molecular weight is 176 g/mol. The summed E-state index contributed by atoms with van der Waals surface area (Å²) < 4.78 is 4.94. The van der Waals surface area contributed by atoms with E-state index in [0.717, 1.165) is 6.42 Å². The molecule has 1 rings (SSSR count). The number of hydrogen-bond donors (Lipinski definition) is 0. The fourth-order valence-corrected chi connectivity index (χ4v) is 0.897. The maximum Gasteiger partial charge on any atom is 0.338 e. The second-order valence-electron chi connectivity index (χ2n) is 2.76. The lowest BCUT2D eigenvalue weighted by atomic mass is 10.1. The van der Waals surface area contributed by atoms with Crippen LogP contribution < -0.4 is 0 Å². The number of hydrogen-bond acceptors (Lipinski definition) is 2. The number of carbonyl (C=O) groups is 1. The summed E-state index contributed by atoms with van der Waals surface area (Å²) in [5.41, 5.74) is 1.19. The number of rotatable bonds is 3. The topological polar surface area (TPSA) is 26.3 Å². The first-order chi connectivity index (χ1) is 6.24. The van der Waals surface area contributed by atoms with Crippen LogP contribution in [0.4, 0.5) is 0 Å². The standard InChI is InChI=1S/C11H12O2/c1-3-8-13-11(12)10-6-4-9(2)5-7-10/h2,4-7H,3,8H2,1H3. The molecule has 2 radical (unpaired) electrons. The highest BCUT2D eigenvalue weighted by molar-refractivity contribution is 5.89. The van der Waals surface area contributed by atoms with Crippen LogP contribution in [0.3, 0.4) is 0 Å². The molecule has 0 unspecified atom stereocenters. The van der Waals surface area contributed by atoms with Crippen molar-refractivity contribution in [3.05, 3.63) is 42.3 Å². The van der Waals surface area contributed by atoms with E-state index in [4.69, 9.17) is 11.7 Å². The van der Waals surface area contributed by atoms with E-state index in [0.29, 0.717) is 17.7 Å². The van der Waals surface area contributed by atoms with Gasteiger partial charge in [-0.05, 0) is 31.0 Å². The van der Waals surface area contributed by atoms with Gasteiger partial charge in [0.05, 0.1) is 12.2 Å². The molecule has 0 amide bonds. The molecule has 2 nitrogen and oxygen atoms in total. The van der Waals surface area contributed by atoms with E-state index < -0.39 is 0 Å². The lowest BCUT2D eigenvalue weighted by Gasteiger charge is -2.02. The van der Waals surface area contributed by atoms with Crippen LogP contribution in [0.1, 0.15) is 29.3 Å². The molecule has 0 bridgehead atoms. The third-order valence-electron chi connectivity index (χ3n) is 1.58. The maximum atomic E-state index is 11.3. The van der Waals surface area contributed by atoms with Gasteiger partial charge in [-0.15, -0.1) is 0 Å². The van der Waals surface area contributed by atoms with E-state index in [1.165, 1.54) is 0 Å². The molecule has 0 spiro atoms. The molecular formula is C11H12O2. The van der Waals surface area contributed by atoms with Crippen molar-refractivity contribution in [2.45, 2.75) is 13.3 Å². The van der Waals surface area contributed by atoms with Crippen LogP contribution in [0.15, 0.2) is 24.3 Å². The molecule has 0 fully saturated rings. The van der Waals surface area contributed by atoms with E-state index in [1.54, 1.807) is 24.3 Å². The molecule has 0 atom stereocenters. The fourth-order valence-electron chi connectivity index (χ4n) is 0.897. The normalized spacial score (nSPS) is 9.69. The average Bonchev–Trinajstić information content (AvgIpc) is 2.15. The predicted octanol–water partition coefficient (Wildman–Crippen LogP) is 2.31. The van der Waals surface area contributed by atoms with Crippen molar-refractivity contribution in [1.29, 1.82) is 0 Å². The van der Waals surface area contributed by atoms with Crippen molar-refractivity contribution >= 4 is 5.97 Å². The van der Waals surface area contributed by atoms with Gasteiger partial charge in [0.2, 0.25) is 0 Å². The Kier molecular flexibility index (Phi) is 3.50. The summed E-state index contributed by atoms with van der Waals surface area (Å²) in [5, 5.41) is 0. The minimum absolute atomic E-state index is 0.290. The van der Waals surface area contributed by atoms with Gasteiger partial charge in [0.15, 0.2) is 0 Å². The molecule has 0 heterocycles. The Hall–Kier alpha value is -1.31. The number of esters is 1. The van der Waals surface area contributed by atoms with E-state index in [-0.39, 0.29) is 5.97 Å². The predicted molar refractivity (Wildman–Crippen MR) is 50.4 cm³/mol. The van der Waals surface area contributed by atoms with Crippen LogP contribution in [0, 0.1) is 6.92 Å². The molecule has 0 saturated heterocycles. The smallest absolute Gasteiger partial charge is 0.338 e. The minimum Gasteiger partial charge on any atom is -0.462 e. The summed E-state index contributed by atoms with van der Waals surface area (Å²) >= 11 is 0. The van der Waals surface area contributed by atoms with Gasteiger partial charge in [-0.25, -0.2) is 4.79 Å². The molecule has 0 saturated carbocycles. The molecule has 1 aromatic carbocycles. The molecule has 2 heteroatoms. The van der Waals surface area contributed by atoms with Crippen LogP contribution in [-0.2, 0) is 4.74 Å².